The Labute approximate surface area is 140 Å². The largest absolute Gasteiger partial charge is 0.333 e. The number of thiophene rings is 1. The second-order valence-corrected chi connectivity index (χ2v) is 7.99. The van der Waals surface area contributed by atoms with Gasteiger partial charge in [-0.05, 0) is 43.2 Å². The lowest BCUT2D eigenvalue weighted by atomic mass is 9.90. The van der Waals surface area contributed by atoms with Crippen molar-refractivity contribution in [3.8, 4) is 0 Å². The molecule has 0 saturated heterocycles. The Kier molecular flexibility index (Phi) is 3.71. The van der Waals surface area contributed by atoms with Crippen LogP contribution in [0.1, 0.15) is 51.5 Å². The summed E-state index contributed by atoms with van der Waals surface area (Å²) in [7, 11) is 1.86. The van der Waals surface area contributed by atoms with E-state index < -0.39 is 0 Å². The molecule has 4 rings (SSSR count). The molecular weight excluding hydrogens is 308 g/mol. The summed E-state index contributed by atoms with van der Waals surface area (Å²) >= 11 is 1.68. The Morgan fingerprint density at radius 1 is 1.43 bits per heavy atom. The zero-order chi connectivity index (χ0) is 16.0. The maximum atomic E-state index is 12.7. The molecule has 23 heavy (non-hydrogen) atoms. The van der Waals surface area contributed by atoms with Gasteiger partial charge in [-0.25, -0.2) is 0 Å². The van der Waals surface area contributed by atoms with E-state index in [-0.39, 0.29) is 5.91 Å². The average molecular weight is 330 g/mol. The summed E-state index contributed by atoms with van der Waals surface area (Å²) in [5, 5.41) is 8.47. The maximum Gasteiger partial charge on any atom is 0.264 e. The molecule has 5 nitrogen and oxygen atoms in total. The number of carbonyl (C=O) groups is 1. The number of rotatable bonds is 3. The normalized spacial score (nSPS) is 19.5. The number of aryl methyl sites for hydroxylation is 2. The lowest BCUT2D eigenvalue weighted by Crippen LogP contribution is -2.27. The Balaban J connectivity index is 1.50. The molecule has 0 N–H and O–H groups in total. The molecule has 1 aliphatic heterocycles. The second kappa shape index (κ2) is 5.74. The molecule has 0 radical (unpaired) electrons. The van der Waals surface area contributed by atoms with Gasteiger partial charge in [0, 0.05) is 24.9 Å². The summed E-state index contributed by atoms with van der Waals surface area (Å²) in [5.41, 5.74) is 1.38. The summed E-state index contributed by atoms with van der Waals surface area (Å²) in [4.78, 5) is 16.8. The molecule has 3 heterocycles. The van der Waals surface area contributed by atoms with Crippen LogP contribution in [0.25, 0.3) is 0 Å². The van der Waals surface area contributed by atoms with Crippen molar-refractivity contribution in [1.82, 2.24) is 19.7 Å². The van der Waals surface area contributed by atoms with Crippen LogP contribution >= 0.6 is 11.3 Å². The number of hydrogen-bond donors (Lipinski definition) is 0. The number of aromatic nitrogens is 3. The fraction of sp³-hybridized carbons (Fsp3) is 0.588. The van der Waals surface area contributed by atoms with E-state index in [1.54, 1.807) is 16.2 Å². The van der Waals surface area contributed by atoms with Gasteiger partial charge in [0.05, 0.1) is 11.4 Å². The molecule has 1 aliphatic carbocycles. The zero-order valence-electron chi connectivity index (χ0n) is 13.7. The van der Waals surface area contributed by atoms with Crippen molar-refractivity contribution in [2.24, 2.45) is 5.92 Å². The van der Waals surface area contributed by atoms with Gasteiger partial charge in [-0.15, -0.1) is 21.5 Å². The molecule has 2 aromatic rings. The van der Waals surface area contributed by atoms with E-state index in [9.17, 15) is 4.79 Å². The Morgan fingerprint density at radius 3 is 3.17 bits per heavy atom. The molecule has 0 bridgehead atoms. The first-order valence-corrected chi connectivity index (χ1v) is 9.21. The summed E-state index contributed by atoms with van der Waals surface area (Å²) in [6, 6.07) is 2.11. The van der Waals surface area contributed by atoms with Gasteiger partial charge in [0.25, 0.3) is 5.91 Å². The highest BCUT2D eigenvalue weighted by atomic mass is 32.1. The van der Waals surface area contributed by atoms with Crippen molar-refractivity contribution in [2.45, 2.75) is 52.1 Å². The molecule has 0 saturated carbocycles. The summed E-state index contributed by atoms with van der Waals surface area (Å²) in [5.74, 6) is 2.80. The quantitative estimate of drug-likeness (QED) is 0.869. The number of fused-ring (bicyclic) bond motifs is 2. The molecule has 6 heteroatoms. The van der Waals surface area contributed by atoms with Crippen molar-refractivity contribution < 1.29 is 4.79 Å². The molecule has 2 aliphatic rings. The number of nitrogens with zero attached hydrogens (tertiary/aromatic N) is 4. The van der Waals surface area contributed by atoms with E-state index in [0.29, 0.717) is 6.54 Å². The van der Waals surface area contributed by atoms with Crippen LogP contribution in [0.2, 0.25) is 0 Å². The maximum absolute atomic E-state index is 12.7. The van der Waals surface area contributed by atoms with Crippen LogP contribution in [-0.2, 0) is 32.4 Å². The lowest BCUT2D eigenvalue weighted by molar-refractivity contribution is 0.0784. The highest BCUT2D eigenvalue weighted by molar-refractivity contribution is 7.14. The van der Waals surface area contributed by atoms with Crippen LogP contribution in [0.15, 0.2) is 6.07 Å². The van der Waals surface area contributed by atoms with Crippen molar-refractivity contribution >= 4 is 17.2 Å². The Hall–Kier alpha value is -1.69. The van der Waals surface area contributed by atoms with Gasteiger partial charge in [-0.2, -0.15) is 0 Å². The van der Waals surface area contributed by atoms with E-state index in [2.05, 4.69) is 27.8 Å². The molecule has 1 amide bonds. The molecular formula is C17H22N4OS. The van der Waals surface area contributed by atoms with Crippen LogP contribution in [-0.4, -0.2) is 32.6 Å². The highest BCUT2D eigenvalue weighted by Crippen LogP contribution is 2.32. The predicted octanol–water partition coefficient (Wildman–Crippen LogP) is 2.68. The van der Waals surface area contributed by atoms with Crippen molar-refractivity contribution in [3.63, 3.8) is 0 Å². The predicted molar refractivity (Wildman–Crippen MR) is 89.6 cm³/mol. The Morgan fingerprint density at radius 2 is 2.30 bits per heavy atom. The first-order chi connectivity index (χ1) is 11.1. The first kappa shape index (κ1) is 14.9. The van der Waals surface area contributed by atoms with Gasteiger partial charge < -0.3 is 9.47 Å². The summed E-state index contributed by atoms with van der Waals surface area (Å²) < 4.78 is 2.16. The molecule has 2 aromatic heterocycles. The third-order valence-electron chi connectivity index (χ3n) is 4.95. The average Bonchev–Trinajstić information content (AvgIpc) is 3.22. The van der Waals surface area contributed by atoms with Crippen LogP contribution < -0.4 is 0 Å². The fourth-order valence-corrected chi connectivity index (χ4v) is 4.81. The third-order valence-corrected chi connectivity index (χ3v) is 6.18. The highest BCUT2D eigenvalue weighted by Gasteiger charge is 2.24. The van der Waals surface area contributed by atoms with E-state index >= 15 is 0 Å². The van der Waals surface area contributed by atoms with Crippen LogP contribution in [0.3, 0.4) is 0 Å². The molecule has 0 aromatic carbocycles. The van der Waals surface area contributed by atoms with Gasteiger partial charge in [0.15, 0.2) is 5.82 Å². The SMILES string of the molecule is CC1CCc2sc(C(=O)N(C)Cc3nnc4n3CCC4)cc2C1. The second-order valence-electron chi connectivity index (χ2n) is 6.86. The van der Waals surface area contributed by atoms with Crippen LogP contribution in [0.4, 0.5) is 0 Å². The Bertz CT molecular complexity index is 748. The van der Waals surface area contributed by atoms with Crippen molar-refractivity contribution in [3.05, 3.63) is 33.0 Å². The number of hydrogen-bond acceptors (Lipinski definition) is 4. The van der Waals surface area contributed by atoms with Crippen molar-refractivity contribution in [2.75, 3.05) is 7.05 Å². The first-order valence-electron chi connectivity index (χ1n) is 8.40. The van der Waals surface area contributed by atoms with E-state index in [1.165, 1.54) is 16.9 Å². The fourth-order valence-electron chi connectivity index (χ4n) is 3.61. The minimum absolute atomic E-state index is 0.104. The van der Waals surface area contributed by atoms with Crippen LogP contribution in [0, 0.1) is 5.92 Å². The number of carbonyl (C=O) groups excluding carboxylic acids is 1. The van der Waals surface area contributed by atoms with E-state index in [1.807, 2.05) is 7.05 Å². The van der Waals surface area contributed by atoms with Gasteiger partial charge in [-0.1, -0.05) is 6.92 Å². The number of amides is 1. The topological polar surface area (TPSA) is 51.0 Å². The molecule has 1 atom stereocenters. The molecule has 122 valence electrons. The summed E-state index contributed by atoms with van der Waals surface area (Å²) in [6.07, 6.45) is 5.60. The molecule has 0 spiro atoms. The molecule has 1 unspecified atom stereocenters. The smallest absolute Gasteiger partial charge is 0.264 e. The minimum Gasteiger partial charge on any atom is -0.333 e. The monoisotopic (exact) mass is 330 g/mol. The van der Waals surface area contributed by atoms with Gasteiger partial charge in [-0.3, -0.25) is 4.79 Å². The molecule has 0 fully saturated rings. The minimum atomic E-state index is 0.104. The zero-order valence-corrected chi connectivity index (χ0v) is 14.5. The third kappa shape index (κ3) is 2.69. The van der Waals surface area contributed by atoms with Crippen LogP contribution in [0.5, 0.6) is 0 Å². The lowest BCUT2D eigenvalue weighted by Gasteiger charge is -2.16. The summed E-state index contributed by atoms with van der Waals surface area (Å²) in [6.45, 7) is 3.80. The standard InChI is InChI=1S/C17H22N4OS/c1-11-5-6-13-12(8-11)9-14(23-13)17(22)20(2)10-16-19-18-15-4-3-7-21(15)16/h9,11H,3-8,10H2,1-2H3. The van der Waals surface area contributed by atoms with Gasteiger partial charge >= 0.3 is 0 Å². The van der Waals surface area contributed by atoms with Crippen molar-refractivity contribution in [1.29, 1.82) is 0 Å². The van der Waals surface area contributed by atoms with E-state index in [0.717, 1.165) is 54.7 Å². The van der Waals surface area contributed by atoms with Gasteiger partial charge in [0.1, 0.15) is 5.82 Å². The van der Waals surface area contributed by atoms with Gasteiger partial charge in [0.2, 0.25) is 0 Å². The van der Waals surface area contributed by atoms with E-state index in [4.69, 9.17) is 0 Å².